The average molecular weight is 392 g/mol. The Morgan fingerprint density at radius 1 is 1.15 bits per heavy atom. The number of amides is 1. The van der Waals surface area contributed by atoms with Gasteiger partial charge >= 0.3 is 5.97 Å². The quantitative estimate of drug-likeness (QED) is 0.676. The van der Waals surface area contributed by atoms with Gasteiger partial charge in [0.25, 0.3) is 0 Å². The Hall–Kier alpha value is -2.57. The minimum absolute atomic E-state index is 0.0445. The number of rotatable bonds is 8. The highest BCUT2D eigenvalue weighted by atomic mass is 35.5. The van der Waals surface area contributed by atoms with Crippen molar-refractivity contribution in [2.24, 2.45) is 0 Å². The second kappa shape index (κ2) is 9.94. The predicted molar refractivity (Wildman–Crippen MR) is 102 cm³/mol. The number of aliphatic hydroxyl groups is 1. The number of benzene rings is 2. The molecule has 6 nitrogen and oxygen atoms in total. The first-order valence-corrected chi connectivity index (χ1v) is 8.74. The van der Waals surface area contributed by atoms with E-state index in [0.29, 0.717) is 21.9 Å². The number of ether oxygens (including phenoxy) is 2. The number of aliphatic hydroxyl groups excluding tert-OH is 1. The standard InChI is InChI=1S/C20H22ClNO5/c1-26-17-9-8-13(10-15(17)21)11-18(23)22-16(12-19(24)27-2)20(25)14-6-4-3-5-7-14/h3-10,16,20,25H,11-12H2,1-2H3,(H,22,23)/t16-,20-/m0/s1. The maximum absolute atomic E-state index is 12.4. The van der Waals surface area contributed by atoms with Crippen LogP contribution in [0.2, 0.25) is 5.02 Å². The lowest BCUT2D eigenvalue weighted by Gasteiger charge is -2.23. The summed E-state index contributed by atoms with van der Waals surface area (Å²) in [4.78, 5) is 24.1. The summed E-state index contributed by atoms with van der Waals surface area (Å²) in [6.45, 7) is 0. The molecule has 0 radical (unpaired) electrons. The largest absolute Gasteiger partial charge is 0.495 e. The molecule has 0 aliphatic carbocycles. The molecule has 0 saturated heterocycles. The molecule has 0 heterocycles. The lowest BCUT2D eigenvalue weighted by molar-refractivity contribution is -0.142. The van der Waals surface area contributed by atoms with Crippen LogP contribution < -0.4 is 10.1 Å². The van der Waals surface area contributed by atoms with Gasteiger partial charge in [0.2, 0.25) is 5.91 Å². The van der Waals surface area contributed by atoms with Crippen molar-refractivity contribution in [3.05, 3.63) is 64.7 Å². The summed E-state index contributed by atoms with van der Waals surface area (Å²) in [5, 5.41) is 13.7. The first-order valence-electron chi connectivity index (χ1n) is 8.36. The second-order valence-corrected chi connectivity index (χ2v) is 6.36. The van der Waals surface area contributed by atoms with Crippen molar-refractivity contribution in [2.75, 3.05) is 14.2 Å². The summed E-state index contributed by atoms with van der Waals surface area (Å²) in [6.07, 6.45) is -1.15. The fourth-order valence-corrected chi connectivity index (χ4v) is 2.93. The SMILES string of the molecule is COC(=O)C[C@H](NC(=O)Cc1ccc(OC)c(Cl)c1)[C@@H](O)c1ccccc1. The van der Waals surface area contributed by atoms with Gasteiger partial charge < -0.3 is 19.9 Å². The highest BCUT2D eigenvalue weighted by Crippen LogP contribution is 2.25. The van der Waals surface area contributed by atoms with Crippen LogP contribution in [-0.4, -0.2) is 37.2 Å². The Balaban J connectivity index is 2.10. The number of esters is 1. The zero-order valence-electron chi connectivity index (χ0n) is 15.1. The number of hydrogen-bond donors (Lipinski definition) is 2. The number of halogens is 1. The van der Waals surface area contributed by atoms with Gasteiger partial charge in [0.1, 0.15) is 5.75 Å². The van der Waals surface area contributed by atoms with Gasteiger partial charge in [-0.1, -0.05) is 48.0 Å². The van der Waals surface area contributed by atoms with Gasteiger partial charge in [-0.05, 0) is 23.3 Å². The van der Waals surface area contributed by atoms with Crippen LogP contribution in [0.3, 0.4) is 0 Å². The average Bonchev–Trinajstić information content (AvgIpc) is 2.67. The number of carbonyl (C=O) groups is 2. The molecule has 0 aliphatic heterocycles. The summed E-state index contributed by atoms with van der Waals surface area (Å²) in [6, 6.07) is 13.0. The second-order valence-electron chi connectivity index (χ2n) is 5.96. The molecular weight excluding hydrogens is 370 g/mol. The van der Waals surface area contributed by atoms with Crippen LogP contribution in [0, 0.1) is 0 Å². The molecule has 0 saturated carbocycles. The maximum Gasteiger partial charge on any atom is 0.307 e. The topological polar surface area (TPSA) is 84.9 Å². The zero-order chi connectivity index (χ0) is 19.8. The van der Waals surface area contributed by atoms with Crippen LogP contribution >= 0.6 is 11.6 Å². The van der Waals surface area contributed by atoms with Gasteiger partial charge in [-0.2, -0.15) is 0 Å². The molecular formula is C20H22ClNO5. The summed E-state index contributed by atoms with van der Waals surface area (Å²) in [7, 11) is 2.77. The normalized spacial score (nSPS) is 12.7. The van der Waals surface area contributed by atoms with Crippen LogP contribution in [0.1, 0.15) is 23.7 Å². The molecule has 27 heavy (non-hydrogen) atoms. The molecule has 0 fully saturated rings. The molecule has 0 aromatic heterocycles. The number of carbonyl (C=O) groups excluding carboxylic acids is 2. The van der Waals surface area contributed by atoms with E-state index in [1.54, 1.807) is 42.5 Å². The Bertz CT molecular complexity index is 781. The Kier molecular flexibility index (Phi) is 7.64. The van der Waals surface area contributed by atoms with E-state index in [2.05, 4.69) is 10.1 Å². The van der Waals surface area contributed by atoms with Crippen molar-refractivity contribution >= 4 is 23.5 Å². The summed E-state index contributed by atoms with van der Waals surface area (Å²) in [5.41, 5.74) is 1.28. The first-order chi connectivity index (χ1) is 12.9. The van der Waals surface area contributed by atoms with Crippen LogP contribution in [0.5, 0.6) is 5.75 Å². The molecule has 2 aromatic rings. The molecule has 2 rings (SSSR count). The maximum atomic E-state index is 12.4. The van der Waals surface area contributed by atoms with Crippen LogP contribution in [-0.2, 0) is 20.7 Å². The van der Waals surface area contributed by atoms with Gasteiger partial charge in [-0.25, -0.2) is 0 Å². The van der Waals surface area contributed by atoms with E-state index in [1.807, 2.05) is 6.07 Å². The van der Waals surface area contributed by atoms with Gasteiger partial charge in [-0.15, -0.1) is 0 Å². The summed E-state index contributed by atoms with van der Waals surface area (Å²) in [5.74, 6) is -0.355. The monoisotopic (exact) mass is 391 g/mol. The number of hydrogen-bond acceptors (Lipinski definition) is 5. The number of methoxy groups -OCH3 is 2. The molecule has 0 unspecified atom stereocenters. The minimum Gasteiger partial charge on any atom is -0.495 e. The van der Waals surface area contributed by atoms with E-state index in [4.69, 9.17) is 16.3 Å². The van der Waals surface area contributed by atoms with Crippen molar-refractivity contribution in [3.63, 3.8) is 0 Å². The van der Waals surface area contributed by atoms with E-state index in [-0.39, 0.29) is 18.7 Å². The molecule has 0 aliphatic rings. The summed E-state index contributed by atoms with van der Waals surface area (Å²) < 4.78 is 9.76. The van der Waals surface area contributed by atoms with Gasteiger partial charge in [0.15, 0.2) is 0 Å². The Morgan fingerprint density at radius 3 is 2.44 bits per heavy atom. The van der Waals surface area contributed by atoms with E-state index in [1.165, 1.54) is 14.2 Å². The van der Waals surface area contributed by atoms with Gasteiger partial charge in [-0.3, -0.25) is 9.59 Å². The fraction of sp³-hybridized carbons (Fsp3) is 0.300. The molecule has 2 atom stereocenters. The summed E-state index contributed by atoms with van der Waals surface area (Å²) >= 11 is 6.08. The predicted octanol–water partition coefficient (Wildman–Crippen LogP) is 2.67. The van der Waals surface area contributed by atoms with Gasteiger partial charge in [0, 0.05) is 0 Å². The van der Waals surface area contributed by atoms with Crippen molar-refractivity contribution in [2.45, 2.75) is 25.0 Å². The number of nitrogens with one attached hydrogen (secondary N) is 1. The highest BCUT2D eigenvalue weighted by molar-refractivity contribution is 6.32. The molecule has 2 aromatic carbocycles. The molecule has 7 heteroatoms. The van der Waals surface area contributed by atoms with Crippen LogP contribution in [0.4, 0.5) is 0 Å². The smallest absolute Gasteiger partial charge is 0.307 e. The van der Waals surface area contributed by atoms with Crippen LogP contribution in [0.15, 0.2) is 48.5 Å². The molecule has 0 bridgehead atoms. The Morgan fingerprint density at radius 2 is 1.85 bits per heavy atom. The molecule has 144 valence electrons. The highest BCUT2D eigenvalue weighted by Gasteiger charge is 2.26. The lowest BCUT2D eigenvalue weighted by Crippen LogP contribution is -2.41. The molecule has 0 spiro atoms. The Labute approximate surface area is 163 Å². The van der Waals surface area contributed by atoms with Crippen molar-refractivity contribution in [3.8, 4) is 5.75 Å². The minimum atomic E-state index is -1.05. The third-order valence-corrected chi connectivity index (χ3v) is 4.36. The van der Waals surface area contributed by atoms with E-state index in [0.717, 1.165) is 0 Å². The lowest BCUT2D eigenvalue weighted by atomic mass is 9.99. The van der Waals surface area contributed by atoms with Crippen molar-refractivity contribution < 1.29 is 24.2 Å². The molecule has 1 amide bonds. The fourth-order valence-electron chi connectivity index (χ4n) is 2.65. The zero-order valence-corrected chi connectivity index (χ0v) is 15.9. The first kappa shape index (κ1) is 20.7. The van der Waals surface area contributed by atoms with E-state index >= 15 is 0 Å². The third-order valence-electron chi connectivity index (χ3n) is 4.06. The third kappa shape index (κ3) is 5.98. The van der Waals surface area contributed by atoms with E-state index < -0.39 is 18.1 Å². The van der Waals surface area contributed by atoms with Crippen LogP contribution in [0.25, 0.3) is 0 Å². The van der Waals surface area contributed by atoms with Crippen molar-refractivity contribution in [1.82, 2.24) is 5.32 Å². The molecule has 2 N–H and O–H groups in total. The van der Waals surface area contributed by atoms with Gasteiger partial charge in [0.05, 0.1) is 44.2 Å². The van der Waals surface area contributed by atoms with Crippen molar-refractivity contribution in [1.29, 1.82) is 0 Å². The van der Waals surface area contributed by atoms with E-state index in [9.17, 15) is 14.7 Å².